The first-order valence-corrected chi connectivity index (χ1v) is 6.13. The Morgan fingerprint density at radius 2 is 2.50 bits per heavy atom. The molecule has 0 amide bonds. The van der Waals surface area contributed by atoms with Gasteiger partial charge in [-0.2, -0.15) is 0 Å². The quantitative estimate of drug-likeness (QED) is 0.588. The van der Waals surface area contributed by atoms with Gasteiger partial charge in [0.1, 0.15) is 0 Å². The van der Waals surface area contributed by atoms with E-state index in [0.29, 0.717) is 12.3 Å². The van der Waals surface area contributed by atoms with Gasteiger partial charge in [-0.15, -0.1) is 0 Å². The number of rotatable bonds is 5. The first kappa shape index (κ1) is 11.1. The molecule has 0 aliphatic carbocycles. The highest BCUT2D eigenvalue weighted by Crippen LogP contribution is 2.08. The molecule has 14 heavy (non-hydrogen) atoms. The van der Waals surface area contributed by atoms with E-state index in [0.717, 1.165) is 12.8 Å². The number of hydrogen-bond acceptors (Lipinski definition) is 2. The molecule has 1 heterocycles. The van der Waals surface area contributed by atoms with Gasteiger partial charge in [-0.25, -0.2) is 4.21 Å². The van der Waals surface area contributed by atoms with Gasteiger partial charge in [0.2, 0.25) is 5.88 Å². The lowest BCUT2D eigenvalue weighted by Crippen LogP contribution is -2.13. The van der Waals surface area contributed by atoms with Crippen molar-refractivity contribution in [3.63, 3.8) is 0 Å². The molecule has 0 aromatic carbocycles. The molecule has 1 unspecified atom stereocenters. The normalized spacial score (nSPS) is 14.7. The Morgan fingerprint density at radius 1 is 1.71 bits per heavy atom. The van der Waals surface area contributed by atoms with E-state index < -0.39 is 9.99 Å². The zero-order chi connectivity index (χ0) is 10.4. The van der Waals surface area contributed by atoms with Crippen LogP contribution >= 0.6 is 0 Å². The molecular weight excluding hydrogens is 202 g/mol. The van der Waals surface area contributed by atoms with Crippen LogP contribution in [-0.4, -0.2) is 14.1 Å². The highest BCUT2D eigenvalue weighted by Gasteiger charge is 2.02. The Kier molecular flexibility index (Phi) is 4.03. The van der Waals surface area contributed by atoms with Gasteiger partial charge in [-0.3, -0.25) is 9.27 Å². The van der Waals surface area contributed by atoms with Crippen LogP contribution in [0, 0.1) is 0 Å². The molecule has 1 atom stereocenters. The molecule has 0 bridgehead atoms. The molecule has 4 nitrogen and oxygen atoms in total. The summed E-state index contributed by atoms with van der Waals surface area (Å²) < 4.78 is 28.2. The van der Waals surface area contributed by atoms with Gasteiger partial charge in [0, 0.05) is 11.4 Å². The fourth-order valence-electron chi connectivity index (χ4n) is 0.970. The summed E-state index contributed by atoms with van der Waals surface area (Å²) in [5.74, 6) is 0.310. The molecule has 0 saturated heterocycles. The van der Waals surface area contributed by atoms with Crippen molar-refractivity contribution in [2.75, 3.05) is 4.72 Å². The molecule has 1 aromatic rings. The van der Waals surface area contributed by atoms with Gasteiger partial charge in [0.05, 0.1) is 6.26 Å². The summed E-state index contributed by atoms with van der Waals surface area (Å²) >= 11 is 0. The van der Waals surface area contributed by atoms with Gasteiger partial charge in [0.25, 0.3) is 0 Å². The maximum atomic E-state index is 11.5. The third kappa shape index (κ3) is 3.85. The van der Waals surface area contributed by atoms with E-state index >= 15 is 0 Å². The number of hydrogen-bond donors (Lipinski definition) is 2. The van der Waals surface area contributed by atoms with Gasteiger partial charge in [0.15, 0.2) is 9.99 Å². The van der Waals surface area contributed by atoms with Gasteiger partial charge in [-0.05, 0) is 18.9 Å². The van der Waals surface area contributed by atoms with Crippen LogP contribution in [0.3, 0.4) is 0 Å². The van der Waals surface area contributed by atoms with Crippen LogP contribution in [0.4, 0.5) is 5.88 Å². The highest BCUT2D eigenvalue weighted by molar-refractivity contribution is 7.97. The summed E-state index contributed by atoms with van der Waals surface area (Å²) in [5.41, 5.74) is 0. The number of unbranched alkanes of at least 4 members (excludes halogenated alkanes) is 2. The maximum absolute atomic E-state index is 11.5. The van der Waals surface area contributed by atoms with E-state index in [-0.39, 0.29) is 0 Å². The summed E-state index contributed by atoms with van der Waals surface area (Å²) in [5, 5.41) is 1.39. The average Bonchev–Trinajstić information content (AvgIpc) is 2.56. The molecule has 80 valence electrons. The summed E-state index contributed by atoms with van der Waals surface area (Å²) in [6.45, 7) is 2.03. The number of nitrogens with one attached hydrogen (secondary N) is 1. The first-order chi connectivity index (χ1) is 6.64. The molecule has 0 saturated carbocycles. The van der Waals surface area contributed by atoms with Crippen molar-refractivity contribution in [3.05, 3.63) is 18.4 Å². The van der Waals surface area contributed by atoms with Gasteiger partial charge < -0.3 is 4.42 Å². The van der Waals surface area contributed by atoms with Crippen LogP contribution in [0.15, 0.2) is 22.8 Å². The summed E-state index contributed by atoms with van der Waals surface area (Å²) in [7, 11) is -3.10. The zero-order valence-corrected chi connectivity index (χ0v) is 8.92. The lowest BCUT2D eigenvalue weighted by Gasteiger charge is -2.04. The second-order valence-corrected chi connectivity index (χ2v) is 4.63. The Hall–Kier alpha value is -0.940. The lowest BCUT2D eigenvalue weighted by atomic mass is 10.3. The largest absolute Gasteiger partial charge is 0.448 e. The second kappa shape index (κ2) is 5.07. The van der Waals surface area contributed by atoms with Crippen LogP contribution < -0.4 is 4.72 Å². The SMILES string of the molecule is CCCCC=S(=O)(O)Nc1ccco1. The molecule has 1 rings (SSSR count). The van der Waals surface area contributed by atoms with Gasteiger partial charge in [-0.1, -0.05) is 13.3 Å². The Balaban J connectivity index is 2.57. The molecule has 1 aromatic heterocycles. The van der Waals surface area contributed by atoms with Crippen molar-refractivity contribution in [2.45, 2.75) is 26.2 Å². The Labute approximate surface area is 84.3 Å². The Morgan fingerprint density at radius 3 is 3.07 bits per heavy atom. The average molecular weight is 217 g/mol. The zero-order valence-electron chi connectivity index (χ0n) is 8.10. The standard InChI is InChI=1S/C9H15NO3S/c1-2-3-4-8-14(11,12)10-9-6-5-7-13-9/h5-8H,2-4H2,1H3,(H2,10,11,12). The van der Waals surface area contributed by atoms with Crippen molar-refractivity contribution in [1.29, 1.82) is 0 Å². The molecule has 0 aliphatic heterocycles. The maximum Gasteiger partial charge on any atom is 0.205 e. The van der Waals surface area contributed by atoms with Crippen LogP contribution in [0.5, 0.6) is 0 Å². The van der Waals surface area contributed by atoms with Gasteiger partial charge >= 0.3 is 0 Å². The smallest absolute Gasteiger partial charge is 0.205 e. The number of furan rings is 1. The third-order valence-electron chi connectivity index (χ3n) is 1.67. The fourth-order valence-corrected chi connectivity index (χ4v) is 1.94. The Bertz CT molecular complexity index is 363. The lowest BCUT2D eigenvalue weighted by molar-refractivity contribution is 0.554. The fraction of sp³-hybridized carbons (Fsp3) is 0.444. The topological polar surface area (TPSA) is 62.5 Å². The predicted molar refractivity (Wildman–Crippen MR) is 58.7 cm³/mol. The van der Waals surface area contributed by atoms with E-state index in [1.807, 2.05) is 6.92 Å². The van der Waals surface area contributed by atoms with Crippen molar-refractivity contribution >= 4 is 21.2 Å². The minimum absolute atomic E-state index is 0.310. The van der Waals surface area contributed by atoms with E-state index in [1.54, 1.807) is 12.1 Å². The second-order valence-electron chi connectivity index (χ2n) is 2.96. The van der Waals surface area contributed by atoms with Crippen LogP contribution in [0.1, 0.15) is 26.2 Å². The molecule has 2 N–H and O–H groups in total. The molecular formula is C9H15NO3S. The molecule has 0 radical (unpaired) electrons. The third-order valence-corrected chi connectivity index (χ3v) is 2.85. The minimum Gasteiger partial charge on any atom is -0.448 e. The highest BCUT2D eigenvalue weighted by atomic mass is 32.2. The van der Waals surface area contributed by atoms with Crippen molar-refractivity contribution in [2.24, 2.45) is 0 Å². The minimum atomic E-state index is -3.10. The number of anilines is 1. The van der Waals surface area contributed by atoms with Crippen LogP contribution in [-0.2, 0) is 9.99 Å². The summed E-state index contributed by atoms with van der Waals surface area (Å²) in [6, 6.07) is 3.26. The van der Waals surface area contributed by atoms with E-state index in [4.69, 9.17) is 4.42 Å². The van der Waals surface area contributed by atoms with E-state index in [1.165, 1.54) is 11.6 Å². The predicted octanol–water partition coefficient (Wildman–Crippen LogP) is 2.36. The summed E-state index contributed by atoms with van der Waals surface area (Å²) in [4.78, 5) is 0. The molecule has 0 spiro atoms. The molecule has 5 heteroatoms. The first-order valence-electron chi connectivity index (χ1n) is 4.55. The van der Waals surface area contributed by atoms with Crippen LogP contribution in [0.2, 0.25) is 0 Å². The molecule has 0 aliphatic rings. The van der Waals surface area contributed by atoms with Crippen molar-refractivity contribution in [1.82, 2.24) is 0 Å². The van der Waals surface area contributed by atoms with E-state index in [9.17, 15) is 8.76 Å². The van der Waals surface area contributed by atoms with E-state index in [2.05, 4.69) is 4.72 Å². The van der Waals surface area contributed by atoms with Crippen LogP contribution in [0.25, 0.3) is 0 Å². The monoisotopic (exact) mass is 217 g/mol. The summed E-state index contributed by atoms with van der Waals surface area (Å²) in [6.07, 6.45) is 3.99. The molecule has 0 fully saturated rings. The van der Waals surface area contributed by atoms with Crippen molar-refractivity contribution in [3.8, 4) is 0 Å². The van der Waals surface area contributed by atoms with Crippen molar-refractivity contribution < 1.29 is 13.2 Å².